The van der Waals surface area contributed by atoms with Gasteiger partial charge < -0.3 is 4.23 Å². The van der Waals surface area contributed by atoms with Gasteiger partial charge in [0.1, 0.15) is 11.2 Å². The molecule has 2 aromatic heterocycles. The minimum Gasteiger partial charge on any atom is -0.308 e. The number of fused-ring (bicyclic) bond motifs is 1. The van der Waals surface area contributed by atoms with Crippen LogP contribution in [0.25, 0.3) is 11.2 Å². The average Bonchev–Trinajstić information content (AvgIpc) is 2.55. The molecule has 2 N–H and O–H groups in total. The molecule has 20 heavy (non-hydrogen) atoms. The first-order chi connectivity index (χ1) is 8.94. The third-order valence-corrected chi connectivity index (χ3v) is 6.56. The van der Waals surface area contributed by atoms with E-state index in [9.17, 15) is 14.4 Å². The Morgan fingerprint density at radius 2 is 1.30 bits per heavy atom. The first kappa shape index (κ1) is 14.8. The molecule has 2 heterocycles. The van der Waals surface area contributed by atoms with E-state index < -0.39 is 27.7 Å². The van der Waals surface area contributed by atoms with Crippen LogP contribution in [0, 0.1) is 0 Å². The van der Waals surface area contributed by atoms with Crippen LogP contribution >= 0.6 is 0 Å². The van der Waals surface area contributed by atoms with Gasteiger partial charge in [-0.25, -0.2) is 9.59 Å². The molecule has 0 aliphatic heterocycles. The highest BCUT2D eigenvalue weighted by Crippen LogP contribution is 2.10. The van der Waals surface area contributed by atoms with Gasteiger partial charge in [0.25, 0.3) is 5.56 Å². The van der Waals surface area contributed by atoms with E-state index in [-0.39, 0.29) is 11.2 Å². The Morgan fingerprint density at radius 1 is 0.800 bits per heavy atom. The molecule has 0 spiro atoms. The van der Waals surface area contributed by atoms with Crippen molar-refractivity contribution in [1.82, 2.24) is 18.4 Å². The van der Waals surface area contributed by atoms with Crippen LogP contribution in [0.5, 0.6) is 0 Å². The lowest BCUT2D eigenvalue weighted by molar-refractivity contribution is 0.887. The van der Waals surface area contributed by atoms with Crippen LogP contribution in [0.1, 0.15) is 0 Å². The van der Waals surface area contributed by atoms with Gasteiger partial charge in [-0.05, 0) is 0 Å². The van der Waals surface area contributed by atoms with Crippen LogP contribution in [0.15, 0.2) is 14.4 Å². The maximum Gasteiger partial charge on any atom is 0.325 e. The van der Waals surface area contributed by atoms with Crippen molar-refractivity contribution in [2.45, 2.75) is 39.3 Å². The van der Waals surface area contributed by atoms with Gasteiger partial charge in [-0.1, -0.05) is 39.3 Å². The number of aromatic amines is 2. The molecule has 0 fully saturated rings. The van der Waals surface area contributed by atoms with E-state index in [1.165, 1.54) is 4.23 Å². The highest BCUT2D eigenvalue weighted by molar-refractivity contribution is 6.76. The zero-order valence-electron chi connectivity index (χ0n) is 12.6. The average molecular weight is 312 g/mol. The Morgan fingerprint density at radius 3 is 1.75 bits per heavy atom. The highest BCUT2D eigenvalue weighted by Gasteiger charge is 2.30. The molecular weight excluding hydrogens is 292 g/mol. The molecular formula is C11H20N4O3Si2. The van der Waals surface area contributed by atoms with Crippen molar-refractivity contribution >= 4 is 27.6 Å². The largest absolute Gasteiger partial charge is 0.325 e. The maximum atomic E-state index is 12.8. The normalized spacial score (nSPS) is 13.1. The summed E-state index contributed by atoms with van der Waals surface area (Å²) in [5.41, 5.74) is -0.664. The quantitative estimate of drug-likeness (QED) is 0.793. The van der Waals surface area contributed by atoms with Crippen LogP contribution in [0.4, 0.5) is 0 Å². The molecule has 110 valence electrons. The smallest absolute Gasteiger partial charge is 0.308 e. The summed E-state index contributed by atoms with van der Waals surface area (Å²) >= 11 is 0. The summed E-state index contributed by atoms with van der Waals surface area (Å²) in [6.07, 6.45) is 0. The van der Waals surface area contributed by atoms with Crippen LogP contribution in [-0.4, -0.2) is 34.9 Å². The predicted octanol–water partition coefficient (Wildman–Crippen LogP) is 0.546. The molecule has 0 saturated carbocycles. The summed E-state index contributed by atoms with van der Waals surface area (Å²) in [7, 11) is -4.27. The fourth-order valence-electron chi connectivity index (χ4n) is 2.30. The molecule has 0 saturated heterocycles. The Kier molecular flexibility index (Phi) is 3.10. The van der Waals surface area contributed by atoms with E-state index in [1.54, 1.807) is 4.23 Å². The summed E-state index contributed by atoms with van der Waals surface area (Å²) in [4.78, 5) is 41.9. The van der Waals surface area contributed by atoms with Crippen molar-refractivity contribution in [2.24, 2.45) is 0 Å². The van der Waals surface area contributed by atoms with E-state index >= 15 is 0 Å². The van der Waals surface area contributed by atoms with Crippen LogP contribution in [-0.2, 0) is 0 Å². The molecule has 0 bridgehead atoms. The summed E-state index contributed by atoms with van der Waals surface area (Å²) in [6.45, 7) is 11.8. The minimum atomic E-state index is -2.18. The summed E-state index contributed by atoms with van der Waals surface area (Å²) < 4.78 is 2.96. The van der Waals surface area contributed by atoms with Gasteiger partial charge in [0, 0.05) is 0 Å². The van der Waals surface area contributed by atoms with Crippen LogP contribution < -0.4 is 16.9 Å². The molecule has 2 aromatic rings. The molecule has 7 nitrogen and oxygen atoms in total. The van der Waals surface area contributed by atoms with E-state index in [0.717, 1.165) is 0 Å². The lowest BCUT2D eigenvalue weighted by Crippen LogP contribution is -2.56. The number of imidazole rings is 1. The Hall–Kier alpha value is -1.62. The number of rotatable bonds is 2. The van der Waals surface area contributed by atoms with Gasteiger partial charge in [0.05, 0.1) is 0 Å². The zero-order chi connectivity index (χ0) is 15.5. The molecule has 0 atom stereocenters. The van der Waals surface area contributed by atoms with Gasteiger partial charge in [-0.2, -0.15) is 0 Å². The van der Waals surface area contributed by atoms with Crippen molar-refractivity contribution in [2.75, 3.05) is 0 Å². The Balaban J connectivity index is 3.18. The molecule has 0 aliphatic rings. The van der Waals surface area contributed by atoms with E-state index in [0.29, 0.717) is 5.65 Å². The number of H-pyrrole nitrogens is 2. The van der Waals surface area contributed by atoms with Crippen molar-refractivity contribution < 1.29 is 0 Å². The van der Waals surface area contributed by atoms with Crippen molar-refractivity contribution in [1.29, 1.82) is 0 Å². The monoisotopic (exact) mass is 312 g/mol. The molecule has 9 heteroatoms. The van der Waals surface area contributed by atoms with E-state index in [4.69, 9.17) is 0 Å². The van der Waals surface area contributed by atoms with Gasteiger partial charge >= 0.3 is 11.4 Å². The molecule has 0 aliphatic carbocycles. The summed E-state index contributed by atoms with van der Waals surface area (Å²) in [5.74, 6) is 0. The fourth-order valence-corrected chi connectivity index (χ4v) is 5.31. The van der Waals surface area contributed by atoms with Gasteiger partial charge in [0.15, 0.2) is 16.5 Å². The van der Waals surface area contributed by atoms with Gasteiger partial charge in [-0.15, -0.1) is 0 Å². The Bertz CT molecular complexity index is 842. The van der Waals surface area contributed by atoms with Crippen molar-refractivity contribution in [3.05, 3.63) is 31.3 Å². The number of aromatic nitrogens is 4. The third kappa shape index (κ3) is 2.16. The fraction of sp³-hybridized carbons (Fsp3) is 0.545. The van der Waals surface area contributed by atoms with Crippen molar-refractivity contribution in [3.8, 4) is 0 Å². The lowest BCUT2D eigenvalue weighted by atomic mass is 10.5. The number of nitrogens with zero attached hydrogens (tertiary/aromatic N) is 2. The van der Waals surface area contributed by atoms with Crippen LogP contribution in [0.3, 0.4) is 0 Å². The van der Waals surface area contributed by atoms with E-state index in [2.05, 4.69) is 9.97 Å². The zero-order valence-corrected chi connectivity index (χ0v) is 14.6. The van der Waals surface area contributed by atoms with Gasteiger partial charge in [0.2, 0.25) is 0 Å². The predicted molar refractivity (Wildman–Crippen MR) is 84.9 cm³/mol. The molecule has 0 unspecified atom stereocenters. The van der Waals surface area contributed by atoms with Crippen molar-refractivity contribution in [3.63, 3.8) is 0 Å². The highest BCUT2D eigenvalue weighted by atomic mass is 28.3. The standard InChI is InChI=1S/C11H20N4O3Si2/c1-19(2,3)14-8-7(12-10(17)13-8)9(16)15(11(14)18)20(4,5)6/h1-6H3,(H2,12,13,17). The summed E-state index contributed by atoms with van der Waals surface area (Å²) in [6, 6.07) is 0. The van der Waals surface area contributed by atoms with E-state index in [1.807, 2.05) is 39.3 Å². The van der Waals surface area contributed by atoms with Crippen LogP contribution in [0.2, 0.25) is 39.3 Å². The Labute approximate surface area is 117 Å². The second-order valence-corrected chi connectivity index (χ2v) is 16.5. The maximum absolute atomic E-state index is 12.8. The lowest BCUT2D eigenvalue weighted by Gasteiger charge is -2.26. The third-order valence-electron chi connectivity index (χ3n) is 3.07. The second-order valence-electron chi connectivity index (χ2n) is 6.90. The first-order valence-corrected chi connectivity index (χ1v) is 13.3. The SMILES string of the molecule is C[Si](C)(C)n1c(=O)c2[nH]c(=O)[nH]c2n([Si](C)(C)C)c1=O. The molecule has 0 radical (unpaired) electrons. The molecule has 0 amide bonds. The molecule has 0 aromatic carbocycles. The summed E-state index contributed by atoms with van der Waals surface area (Å²) in [5, 5.41) is 0. The molecule has 2 rings (SSSR count). The number of hydrogen-bond donors (Lipinski definition) is 2. The number of nitrogens with one attached hydrogen (secondary N) is 2. The van der Waals surface area contributed by atoms with Gasteiger partial charge in [-0.3, -0.25) is 19.0 Å². The topological polar surface area (TPSA) is 92.7 Å². The number of hydrogen-bond acceptors (Lipinski definition) is 3. The second kappa shape index (κ2) is 4.19. The minimum absolute atomic E-state index is 0.194. The first-order valence-electron chi connectivity index (χ1n) is 6.45.